The van der Waals surface area contributed by atoms with Crippen molar-refractivity contribution in [1.82, 2.24) is 19.7 Å². The molecule has 1 aliphatic rings. The minimum Gasteiger partial charge on any atom is -0.379 e. The predicted molar refractivity (Wildman–Crippen MR) is 82.0 cm³/mol. The van der Waals surface area contributed by atoms with Gasteiger partial charge >= 0.3 is 0 Å². The molecule has 1 aromatic heterocycles. The summed E-state index contributed by atoms with van der Waals surface area (Å²) in [5.74, 6) is 1.72. The zero-order chi connectivity index (χ0) is 14.8. The summed E-state index contributed by atoms with van der Waals surface area (Å²) in [6.07, 6.45) is 0. The van der Waals surface area contributed by atoms with E-state index in [0.717, 1.165) is 43.5 Å². The first-order chi connectivity index (χ1) is 10.1. The second-order valence-corrected chi connectivity index (χ2v) is 5.55. The van der Waals surface area contributed by atoms with Gasteiger partial charge in [-0.25, -0.2) is 9.67 Å². The first-order valence-corrected chi connectivity index (χ1v) is 7.45. The highest BCUT2D eigenvalue weighted by Crippen LogP contribution is 2.24. The van der Waals surface area contributed by atoms with Crippen molar-refractivity contribution in [3.05, 3.63) is 35.7 Å². The van der Waals surface area contributed by atoms with Gasteiger partial charge in [0.15, 0.2) is 5.82 Å². The van der Waals surface area contributed by atoms with E-state index in [-0.39, 0.29) is 0 Å². The molecule has 5 heteroatoms. The molecule has 0 bridgehead atoms. The molecule has 1 atom stereocenters. The first-order valence-electron chi connectivity index (χ1n) is 7.45. The van der Waals surface area contributed by atoms with Crippen molar-refractivity contribution in [3.8, 4) is 11.4 Å². The van der Waals surface area contributed by atoms with Gasteiger partial charge in [-0.05, 0) is 19.4 Å². The van der Waals surface area contributed by atoms with Crippen LogP contribution in [0.5, 0.6) is 0 Å². The lowest BCUT2D eigenvalue weighted by molar-refractivity contribution is 0.0198. The Balaban J connectivity index is 1.78. The molecule has 0 radical (unpaired) electrons. The summed E-state index contributed by atoms with van der Waals surface area (Å²) in [4.78, 5) is 6.93. The minimum absolute atomic E-state index is 0.421. The van der Waals surface area contributed by atoms with E-state index in [2.05, 4.69) is 46.2 Å². The van der Waals surface area contributed by atoms with Crippen molar-refractivity contribution >= 4 is 0 Å². The summed E-state index contributed by atoms with van der Waals surface area (Å²) in [7, 11) is 1.93. The van der Waals surface area contributed by atoms with Crippen molar-refractivity contribution in [2.24, 2.45) is 7.05 Å². The first kappa shape index (κ1) is 14.2. The average Bonchev–Trinajstić information content (AvgIpc) is 2.86. The molecule has 0 spiro atoms. The number of hydrogen-bond acceptors (Lipinski definition) is 4. The summed E-state index contributed by atoms with van der Waals surface area (Å²) in [5.41, 5.74) is 2.44. The third kappa shape index (κ3) is 2.99. The highest BCUT2D eigenvalue weighted by molar-refractivity contribution is 5.55. The normalized spacial score (nSPS) is 17.9. The molecule has 0 saturated carbocycles. The topological polar surface area (TPSA) is 43.2 Å². The third-order valence-electron chi connectivity index (χ3n) is 4.11. The molecule has 1 unspecified atom stereocenters. The van der Waals surface area contributed by atoms with Crippen molar-refractivity contribution in [1.29, 1.82) is 0 Å². The van der Waals surface area contributed by atoms with Crippen LogP contribution in [0.4, 0.5) is 0 Å². The maximum atomic E-state index is 5.42. The van der Waals surface area contributed by atoms with Gasteiger partial charge in [0.05, 0.1) is 13.2 Å². The van der Waals surface area contributed by atoms with E-state index in [9.17, 15) is 0 Å². The molecule has 0 amide bonds. The molecular weight excluding hydrogens is 264 g/mol. The highest BCUT2D eigenvalue weighted by Gasteiger charge is 2.18. The Labute approximate surface area is 125 Å². The Morgan fingerprint density at radius 2 is 1.81 bits per heavy atom. The van der Waals surface area contributed by atoms with Gasteiger partial charge in [0, 0.05) is 31.7 Å². The third-order valence-corrected chi connectivity index (χ3v) is 4.11. The van der Waals surface area contributed by atoms with Crippen LogP contribution in [0.15, 0.2) is 24.3 Å². The zero-order valence-electron chi connectivity index (χ0n) is 12.9. The summed E-state index contributed by atoms with van der Waals surface area (Å²) in [5, 5.41) is 4.30. The van der Waals surface area contributed by atoms with Crippen LogP contribution >= 0.6 is 0 Å². The van der Waals surface area contributed by atoms with Crippen LogP contribution in [0.2, 0.25) is 0 Å². The van der Waals surface area contributed by atoms with Crippen LogP contribution in [-0.4, -0.2) is 46.0 Å². The lowest BCUT2D eigenvalue weighted by Crippen LogP contribution is -2.37. The number of aromatic nitrogens is 3. The lowest BCUT2D eigenvalue weighted by atomic mass is 10.0. The zero-order valence-corrected chi connectivity index (χ0v) is 12.9. The minimum atomic E-state index is 0.421. The Morgan fingerprint density at radius 1 is 1.14 bits per heavy atom. The summed E-state index contributed by atoms with van der Waals surface area (Å²) >= 11 is 0. The van der Waals surface area contributed by atoms with Gasteiger partial charge in [0.1, 0.15) is 5.82 Å². The number of morpholine rings is 1. The Kier molecular flexibility index (Phi) is 4.03. The summed E-state index contributed by atoms with van der Waals surface area (Å²) in [6.45, 7) is 7.85. The maximum absolute atomic E-state index is 5.42. The molecule has 21 heavy (non-hydrogen) atoms. The van der Waals surface area contributed by atoms with Crippen LogP contribution in [-0.2, 0) is 11.8 Å². The molecule has 1 aliphatic heterocycles. The van der Waals surface area contributed by atoms with E-state index in [0.29, 0.717) is 6.04 Å². The molecule has 112 valence electrons. The molecule has 0 N–H and O–H groups in total. The van der Waals surface area contributed by atoms with Crippen molar-refractivity contribution < 1.29 is 4.74 Å². The van der Waals surface area contributed by atoms with Gasteiger partial charge in [-0.15, -0.1) is 0 Å². The van der Waals surface area contributed by atoms with Gasteiger partial charge in [0.25, 0.3) is 0 Å². The monoisotopic (exact) mass is 286 g/mol. The van der Waals surface area contributed by atoms with E-state index >= 15 is 0 Å². The Morgan fingerprint density at radius 3 is 2.38 bits per heavy atom. The fourth-order valence-electron chi connectivity index (χ4n) is 2.85. The second kappa shape index (κ2) is 5.95. The maximum Gasteiger partial charge on any atom is 0.158 e. The lowest BCUT2D eigenvalue weighted by Gasteiger charge is -2.32. The number of nitrogens with zero attached hydrogens (tertiary/aromatic N) is 4. The van der Waals surface area contributed by atoms with Gasteiger partial charge in [-0.3, -0.25) is 4.90 Å². The van der Waals surface area contributed by atoms with Crippen molar-refractivity contribution in [2.45, 2.75) is 19.9 Å². The van der Waals surface area contributed by atoms with E-state index in [1.165, 1.54) is 5.56 Å². The van der Waals surface area contributed by atoms with Gasteiger partial charge in [0.2, 0.25) is 0 Å². The molecule has 2 heterocycles. The largest absolute Gasteiger partial charge is 0.379 e. The summed E-state index contributed by atoms with van der Waals surface area (Å²) < 4.78 is 7.25. The molecule has 2 aromatic rings. The number of benzene rings is 1. The van der Waals surface area contributed by atoms with Crippen LogP contribution in [0.1, 0.15) is 24.4 Å². The van der Waals surface area contributed by atoms with E-state index in [1.54, 1.807) is 0 Å². The van der Waals surface area contributed by atoms with Gasteiger partial charge < -0.3 is 4.74 Å². The number of ether oxygens (including phenoxy) is 1. The molecule has 3 rings (SSSR count). The number of hydrogen-bond donors (Lipinski definition) is 0. The fraction of sp³-hybridized carbons (Fsp3) is 0.500. The predicted octanol–water partition coefficient (Wildman–Crippen LogP) is 2.18. The molecule has 0 aliphatic carbocycles. The SMILES string of the molecule is Cc1nc(-c2ccc(C(C)N3CCOCC3)cc2)n(C)n1. The highest BCUT2D eigenvalue weighted by atomic mass is 16.5. The Bertz CT molecular complexity index is 599. The molecular formula is C16H22N4O. The number of aryl methyl sites for hydroxylation is 2. The standard InChI is InChI=1S/C16H22N4O/c1-12(20-8-10-21-11-9-20)14-4-6-15(7-5-14)16-17-13(2)18-19(16)3/h4-7,12H,8-11H2,1-3H3. The Hall–Kier alpha value is -1.72. The second-order valence-electron chi connectivity index (χ2n) is 5.55. The van der Waals surface area contributed by atoms with Crippen LogP contribution < -0.4 is 0 Å². The smallest absolute Gasteiger partial charge is 0.158 e. The van der Waals surface area contributed by atoms with Crippen molar-refractivity contribution in [2.75, 3.05) is 26.3 Å². The molecule has 1 aromatic carbocycles. The summed E-state index contributed by atoms with van der Waals surface area (Å²) in [6, 6.07) is 9.08. The van der Waals surface area contributed by atoms with E-state index in [4.69, 9.17) is 4.74 Å². The number of rotatable bonds is 3. The average molecular weight is 286 g/mol. The fourth-order valence-corrected chi connectivity index (χ4v) is 2.85. The van der Waals surface area contributed by atoms with Crippen LogP contribution in [0, 0.1) is 6.92 Å². The molecule has 5 nitrogen and oxygen atoms in total. The van der Waals surface area contributed by atoms with Gasteiger partial charge in [-0.1, -0.05) is 24.3 Å². The van der Waals surface area contributed by atoms with Crippen molar-refractivity contribution in [3.63, 3.8) is 0 Å². The van der Waals surface area contributed by atoms with Crippen LogP contribution in [0.3, 0.4) is 0 Å². The molecule has 1 saturated heterocycles. The van der Waals surface area contributed by atoms with Gasteiger partial charge in [-0.2, -0.15) is 5.10 Å². The van der Waals surface area contributed by atoms with Crippen LogP contribution in [0.25, 0.3) is 11.4 Å². The van der Waals surface area contributed by atoms with E-state index < -0.39 is 0 Å². The molecule has 1 fully saturated rings. The quantitative estimate of drug-likeness (QED) is 0.867. The van der Waals surface area contributed by atoms with E-state index in [1.807, 2.05) is 18.7 Å².